The highest BCUT2D eigenvalue weighted by atomic mass is 16.6. The predicted molar refractivity (Wildman–Crippen MR) is 134 cm³/mol. The second-order valence-electron chi connectivity index (χ2n) is 14.6. The molecule has 1 heterocycles. The standard InChI is InChI=1S/C30H48O4/c1-17(23-24(34-23)25(32)27(4,5)33)18-11-15-30(8)20-9-10-21-26(2,3)22(31)13-14-28(21,6)19(20)12-16-29(18,30)7/h9,17-19,21,23-25,32-33H,10-16H2,1-8H3/t17-,18+,19+,21+,23-,24+,25+,28-,29+,30-/m1/s1. The van der Waals surface area contributed by atoms with Gasteiger partial charge in [-0.05, 0) is 92.3 Å². The van der Waals surface area contributed by atoms with Crippen molar-refractivity contribution in [2.75, 3.05) is 0 Å². The van der Waals surface area contributed by atoms with E-state index in [1.54, 1.807) is 19.4 Å². The lowest BCUT2D eigenvalue weighted by atomic mass is 9.41. The molecule has 4 heteroatoms. The second-order valence-corrected chi connectivity index (χ2v) is 14.6. The normalized spacial score (nSPS) is 49.4. The number of ketones is 1. The highest BCUT2D eigenvalue weighted by molar-refractivity contribution is 5.85. The van der Waals surface area contributed by atoms with E-state index >= 15 is 0 Å². The van der Waals surface area contributed by atoms with Gasteiger partial charge in [0.25, 0.3) is 0 Å². The third-order valence-electron chi connectivity index (χ3n) is 12.4. The van der Waals surface area contributed by atoms with Gasteiger partial charge in [0.15, 0.2) is 0 Å². The van der Waals surface area contributed by atoms with Gasteiger partial charge in [0, 0.05) is 11.8 Å². The van der Waals surface area contributed by atoms with Gasteiger partial charge in [-0.15, -0.1) is 0 Å². The van der Waals surface area contributed by atoms with E-state index in [4.69, 9.17) is 4.74 Å². The molecule has 5 rings (SSSR count). The summed E-state index contributed by atoms with van der Waals surface area (Å²) in [6, 6.07) is 0. The van der Waals surface area contributed by atoms with E-state index in [9.17, 15) is 15.0 Å². The Morgan fingerprint density at radius 3 is 2.38 bits per heavy atom. The Balaban J connectivity index is 1.42. The lowest BCUT2D eigenvalue weighted by Crippen LogP contribution is -2.57. The molecule has 1 aliphatic heterocycles. The first-order valence-corrected chi connectivity index (χ1v) is 13.9. The monoisotopic (exact) mass is 472 g/mol. The zero-order valence-electron chi connectivity index (χ0n) is 22.8. The average Bonchev–Trinajstić information content (AvgIpc) is 3.48. The van der Waals surface area contributed by atoms with Crippen molar-refractivity contribution in [3.8, 4) is 0 Å². The Morgan fingerprint density at radius 1 is 1.06 bits per heavy atom. The number of aliphatic hydroxyl groups is 2. The largest absolute Gasteiger partial charge is 0.388 e. The summed E-state index contributed by atoms with van der Waals surface area (Å²) < 4.78 is 6.01. The molecule has 0 aromatic carbocycles. The molecule has 3 saturated carbocycles. The topological polar surface area (TPSA) is 70.1 Å². The van der Waals surface area contributed by atoms with Gasteiger partial charge in [-0.2, -0.15) is 0 Å². The Kier molecular flexibility index (Phi) is 5.44. The van der Waals surface area contributed by atoms with Crippen molar-refractivity contribution in [3.63, 3.8) is 0 Å². The SMILES string of the molecule is C[C@@H]([C@H]1O[C@@H]1[C@H](O)C(C)(C)O)[C@@H]1CC[C@]2(C)C3=CC[C@H]4C(C)(C)C(=O)CC[C@]4(C)[C@H]3CC[C@@]12C. The number of carbonyl (C=O) groups is 1. The lowest BCUT2D eigenvalue weighted by molar-refractivity contribution is -0.146. The van der Waals surface area contributed by atoms with Crippen LogP contribution in [-0.2, 0) is 9.53 Å². The van der Waals surface area contributed by atoms with Crippen LogP contribution in [0.3, 0.4) is 0 Å². The third kappa shape index (κ3) is 3.16. The van der Waals surface area contributed by atoms with E-state index in [-0.39, 0.29) is 33.9 Å². The lowest BCUT2D eigenvalue weighted by Gasteiger charge is -2.63. The highest BCUT2D eigenvalue weighted by Gasteiger charge is 2.67. The van der Waals surface area contributed by atoms with Crippen LogP contribution in [0, 0.1) is 45.3 Å². The second kappa shape index (κ2) is 7.42. The zero-order chi connectivity index (χ0) is 25.1. The van der Waals surface area contributed by atoms with Gasteiger partial charge in [0.2, 0.25) is 0 Å². The Hall–Kier alpha value is -0.710. The number of rotatable bonds is 4. The summed E-state index contributed by atoms with van der Waals surface area (Å²) in [5.74, 6) is 2.42. The van der Waals surface area contributed by atoms with Crippen molar-refractivity contribution >= 4 is 5.78 Å². The summed E-state index contributed by atoms with van der Waals surface area (Å²) in [7, 11) is 0. The van der Waals surface area contributed by atoms with Gasteiger partial charge >= 0.3 is 0 Å². The van der Waals surface area contributed by atoms with Crippen LogP contribution in [-0.4, -0.2) is 39.9 Å². The Labute approximate surface area is 206 Å². The fraction of sp³-hybridized carbons (Fsp3) is 0.900. The molecule has 0 radical (unpaired) electrons. The van der Waals surface area contributed by atoms with Crippen molar-refractivity contribution in [3.05, 3.63) is 11.6 Å². The molecule has 1 saturated heterocycles. The molecule has 0 unspecified atom stereocenters. The fourth-order valence-electron chi connectivity index (χ4n) is 9.84. The molecule has 0 aromatic rings. The molecule has 4 nitrogen and oxygen atoms in total. The summed E-state index contributed by atoms with van der Waals surface area (Å²) in [5.41, 5.74) is 0.964. The van der Waals surface area contributed by atoms with Crippen LogP contribution < -0.4 is 0 Å². The average molecular weight is 473 g/mol. The number of allylic oxidation sites excluding steroid dienone is 2. The molecular formula is C30H48O4. The van der Waals surface area contributed by atoms with E-state index in [0.717, 1.165) is 19.3 Å². The zero-order valence-corrected chi connectivity index (χ0v) is 22.8. The highest BCUT2D eigenvalue weighted by Crippen LogP contribution is 2.73. The molecule has 10 atom stereocenters. The van der Waals surface area contributed by atoms with E-state index in [0.29, 0.717) is 29.5 Å². The van der Waals surface area contributed by atoms with Crippen molar-refractivity contribution in [2.24, 2.45) is 45.3 Å². The molecule has 5 aliphatic rings. The van der Waals surface area contributed by atoms with Crippen LogP contribution in [0.15, 0.2) is 11.6 Å². The molecule has 192 valence electrons. The minimum Gasteiger partial charge on any atom is -0.388 e. The summed E-state index contributed by atoms with van der Waals surface area (Å²) in [5, 5.41) is 20.9. The fourth-order valence-corrected chi connectivity index (χ4v) is 9.84. The van der Waals surface area contributed by atoms with Gasteiger partial charge in [-0.25, -0.2) is 0 Å². The quantitative estimate of drug-likeness (QED) is 0.407. The molecule has 4 fully saturated rings. The predicted octanol–water partition coefficient (Wildman–Crippen LogP) is 5.70. The number of hydrogen-bond donors (Lipinski definition) is 2. The van der Waals surface area contributed by atoms with Crippen molar-refractivity contribution in [1.29, 1.82) is 0 Å². The van der Waals surface area contributed by atoms with Gasteiger partial charge in [-0.3, -0.25) is 4.79 Å². The van der Waals surface area contributed by atoms with Crippen molar-refractivity contribution in [2.45, 2.75) is 124 Å². The maximum Gasteiger partial charge on any atom is 0.138 e. The van der Waals surface area contributed by atoms with Crippen LogP contribution in [0.1, 0.15) is 100 Å². The molecule has 4 aliphatic carbocycles. The number of aliphatic hydroxyl groups excluding tert-OH is 1. The first-order valence-electron chi connectivity index (χ1n) is 13.9. The molecule has 0 aromatic heterocycles. The van der Waals surface area contributed by atoms with Crippen LogP contribution in [0.4, 0.5) is 0 Å². The van der Waals surface area contributed by atoms with Crippen LogP contribution in [0.5, 0.6) is 0 Å². The van der Waals surface area contributed by atoms with E-state index in [1.165, 1.54) is 25.7 Å². The van der Waals surface area contributed by atoms with E-state index < -0.39 is 11.7 Å². The van der Waals surface area contributed by atoms with Crippen molar-refractivity contribution in [1.82, 2.24) is 0 Å². The summed E-state index contributed by atoms with van der Waals surface area (Å²) >= 11 is 0. The van der Waals surface area contributed by atoms with E-state index in [2.05, 4.69) is 47.6 Å². The number of carbonyl (C=O) groups excluding carboxylic acids is 1. The Morgan fingerprint density at radius 2 is 1.74 bits per heavy atom. The maximum atomic E-state index is 12.8. The van der Waals surface area contributed by atoms with Crippen LogP contribution in [0.2, 0.25) is 0 Å². The molecule has 0 spiro atoms. The third-order valence-corrected chi connectivity index (χ3v) is 12.4. The maximum absolute atomic E-state index is 12.8. The van der Waals surface area contributed by atoms with E-state index in [1.807, 2.05) is 0 Å². The number of epoxide rings is 1. The minimum atomic E-state index is -1.14. The van der Waals surface area contributed by atoms with Crippen molar-refractivity contribution < 1.29 is 19.7 Å². The van der Waals surface area contributed by atoms with Gasteiger partial charge < -0.3 is 14.9 Å². The first-order chi connectivity index (χ1) is 15.6. The molecule has 2 N–H and O–H groups in total. The van der Waals surface area contributed by atoms with Gasteiger partial charge in [0.1, 0.15) is 18.0 Å². The van der Waals surface area contributed by atoms with Gasteiger partial charge in [-0.1, -0.05) is 53.2 Å². The minimum absolute atomic E-state index is 0.0377. The Bertz CT molecular complexity index is 898. The number of hydrogen-bond acceptors (Lipinski definition) is 4. The van der Waals surface area contributed by atoms with Crippen LogP contribution >= 0.6 is 0 Å². The number of ether oxygens (including phenoxy) is 1. The van der Waals surface area contributed by atoms with Gasteiger partial charge in [0.05, 0.1) is 11.7 Å². The summed E-state index contributed by atoms with van der Waals surface area (Å²) in [4.78, 5) is 12.8. The summed E-state index contributed by atoms with van der Waals surface area (Å²) in [6.07, 6.45) is 9.21. The number of Topliss-reactive ketones (excluding diaryl/α,β-unsaturated/α-hetero) is 1. The molecule has 0 bridgehead atoms. The smallest absolute Gasteiger partial charge is 0.138 e. The molecular weight excluding hydrogens is 424 g/mol. The molecule has 0 amide bonds. The van der Waals surface area contributed by atoms with Crippen LogP contribution in [0.25, 0.3) is 0 Å². The molecule has 34 heavy (non-hydrogen) atoms. The summed E-state index contributed by atoms with van der Waals surface area (Å²) in [6.45, 7) is 17.6. The number of fused-ring (bicyclic) bond motifs is 5. The first kappa shape index (κ1) is 25.0.